The fraction of sp³-hybridized carbons (Fsp3) is 0.312. The lowest BCUT2D eigenvalue weighted by Crippen LogP contribution is -2.36. The Morgan fingerprint density at radius 2 is 2.04 bits per heavy atom. The Morgan fingerprint density at radius 3 is 2.62 bits per heavy atom. The molecule has 0 unspecified atom stereocenters. The van der Waals surface area contributed by atoms with E-state index in [0.29, 0.717) is 29.5 Å². The molecule has 1 heterocycles. The number of benzene rings is 1. The molecule has 0 aliphatic rings. The Morgan fingerprint density at radius 1 is 1.33 bits per heavy atom. The first kappa shape index (κ1) is 19.9. The first-order chi connectivity index (χ1) is 11.0. The van der Waals surface area contributed by atoms with E-state index in [4.69, 9.17) is 9.68 Å². The molecule has 24 heavy (non-hydrogen) atoms. The normalized spacial score (nSPS) is 10.7. The van der Waals surface area contributed by atoms with Gasteiger partial charge in [-0.25, -0.2) is 9.37 Å². The van der Waals surface area contributed by atoms with Crippen molar-refractivity contribution in [2.24, 2.45) is 4.99 Å². The minimum atomic E-state index is -0.370. The predicted octanol–water partition coefficient (Wildman–Crippen LogP) is 2.79. The summed E-state index contributed by atoms with van der Waals surface area (Å²) in [6, 6.07) is 6.23. The zero-order valence-electron chi connectivity index (χ0n) is 13.7. The summed E-state index contributed by atoms with van der Waals surface area (Å²) in [6.07, 6.45) is 0. The molecule has 8 heteroatoms. The van der Waals surface area contributed by atoms with Gasteiger partial charge < -0.3 is 15.1 Å². The molecule has 0 aliphatic carbocycles. The molecular formula is C16H19FIN5O. The van der Waals surface area contributed by atoms with Gasteiger partial charge in [-0.15, -0.1) is 24.0 Å². The number of oxazole rings is 1. The van der Waals surface area contributed by atoms with E-state index in [1.165, 1.54) is 18.2 Å². The van der Waals surface area contributed by atoms with Crippen molar-refractivity contribution in [3.8, 4) is 6.07 Å². The van der Waals surface area contributed by atoms with Gasteiger partial charge in [0.15, 0.2) is 5.96 Å². The van der Waals surface area contributed by atoms with Crippen molar-refractivity contribution in [3.05, 3.63) is 52.5 Å². The standard InChI is InChI=1S/C16H18FN5O.HI/c1-10-11(2)23-15(22-10)9-21-16(19-3)20-8-13-6-12(7-18)4-5-14(13)17;/h4-6H,8-9H2,1-3H3,(H2,19,20,21);1H. The molecule has 0 radical (unpaired) electrons. The van der Waals surface area contributed by atoms with Gasteiger partial charge in [0, 0.05) is 19.2 Å². The van der Waals surface area contributed by atoms with E-state index < -0.39 is 0 Å². The molecular weight excluding hydrogens is 424 g/mol. The van der Waals surface area contributed by atoms with Gasteiger partial charge in [-0.1, -0.05) is 0 Å². The summed E-state index contributed by atoms with van der Waals surface area (Å²) in [5.74, 6) is 1.45. The maximum absolute atomic E-state index is 13.7. The average molecular weight is 443 g/mol. The summed E-state index contributed by atoms with van der Waals surface area (Å²) in [4.78, 5) is 8.32. The molecule has 1 aromatic heterocycles. The predicted molar refractivity (Wildman–Crippen MR) is 99.5 cm³/mol. The Balaban J connectivity index is 0.00000288. The first-order valence-electron chi connectivity index (χ1n) is 7.09. The van der Waals surface area contributed by atoms with Crippen molar-refractivity contribution in [2.75, 3.05) is 7.05 Å². The number of rotatable bonds is 4. The SMILES string of the molecule is CN=C(NCc1nc(C)c(C)o1)NCc1cc(C#N)ccc1F.I. The lowest BCUT2D eigenvalue weighted by Gasteiger charge is -2.11. The minimum absolute atomic E-state index is 0. The molecule has 0 amide bonds. The highest BCUT2D eigenvalue weighted by Crippen LogP contribution is 2.10. The summed E-state index contributed by atoms with van der Waals surface area (Å²) >= 11 is 0. The molecule has 0 saturated carbocycles. The lowest BCUT2D eigenvalue weighted by molar-refractivity contribution is 0.463. The van der Waals surface area contributed by atoms with Gasteiger partial charge in [-0.2, -0.15) is 5.26 Å². The molecule has 0 atom stereocenters. The number of nitrogens with one attached hydrogen (secondary N) is 2. The van der Waals surface area contributed by atoms with Crippen molar-refractivity contribution in [1.29, 1.82) is 5.26 Å². The second kappa shape index (κ2) is 9.22. The van der Waals surface area contributed by atoms with E-state index in [-0.39, 0.29) is 36.3 Å². The van der Waals surface area contributed by atoms with Crippen molar-refractivity contribution in [2.45, 2.75) is 26.9 Å². The van der Waals surface area contributed by atoms with Gasteiger partial charge in [-0.3, -0.25) is 4.99 Å². The van der Waals surface area contributed by atoms with Crippen LogP contribution in [0.3, 0.4) is 0 Å². The molecule has 128 valence electrons. The minimum Gasteiger partial charge on any atom is -0.444 e. The molecule has 2 aromatic rings. The van der Waals surface area contributed by atoms with E-state index >= 15 is 0 Å². The highest BCUT2D eigenvalue weighted by Gasteiger charge is 2.08. The van der Waals surface area contributed by atoms with Crippen LogP contribution in [0.15, 0.2) is 27.6 Å². The summed E-state index contributed by atoms with van der Waals surface area (Å²) < 4.78 is 19.2. The van der Waals surface area contributed by atoms with Crippen LogP contribution in [0.5, 0.6) is 0 Å². The number of nitriles is 1. The second-order valence-electron chi connectivity index (χ2n) is 4.95. The molecule has 6 nitrogen and oxygen atoms in total. The van der Waals surface area contributed by atoms with Crippen LogP contribution in [0.4, 0.5) is 4.39 Å². The zero-order chi connectivity index (χ0) is 16.8. The van der Waals surface area contributed by atoms with Gasteiger partial charge in [0.05, 0.1) is 23.9 Å². The van der Waals surface area contributed by atoms with Crippen molar-refractivity contribution >= 4 is 29.9 Å². The lowest BCUT2D eigenvalue weighted by atomic mass is 10.1. The van der Waals surface area contributed by atoms with Crippen LogP contribution in [0.1, 0.15) is 28.5 Å². The topological polar surface area (TPSA) is 86.2 Å². The van der Waals surface area contributed by atoms with Crippen molar-refractivity contribution in [3.63, 3.8) is 0 Å². The van der Waals surface area contributed by atoms with E-state index in [0.717, 1.165) is 11.5 Å². The van der Waals surface area contributed by atoms with Crippen LogP contribution in [-0.4, -0.2) is 18.0 Å². The Bertz CT molecular complexity index is 747. The largest absolute Gasteiger partial charge is 0.444 e. The van der Waals surface area contributed by atoms with Crippen LogP contribution in [0, 0.1) is 31.0 Å². The second-order valence-corrected chi connectivity index (χ2v) is 4.95. The van der Waals surface area contributed by atoms with Crippen LogP contribution >= 0.6 is 24.0 Å². The number of guanidine groups is 1. The molecule has 0 saturated heterocycles. The number of nitrogens with zero attached hydrogens (tertiary/aromatic N) is 3. The number of aryl methyl sites for hydroxylation is 2. The summed E-state index contributed by atoms with van der Waals surface area (Å²) in [6.45, 7) is 4.31. The fourth-order valence-electron chi connectivity index (χ4n) is 1.95. The van der Waals surface area contributed by atoms with Crippen LogP contribution in [0.2, 0.25) is 0 Å². The molecule has 2 rings (SSSR count). The Kier molecular flexibility index (Phi) is 7.64. The van der Waals surface area contributed by atoms with Gasteiger partial charge in [0.25, 0.3) is 0 Å². The molecule has 0 bridgehead atoms. The third kappa shape index (κ3) is 5.19. The molecule has 2 N–H and O–H groups in total. The average Bonchev–Trinajstić information content (AvgIpc) is 2.87. The van der Waals surface area contributed by atoms with E-state index in [2.05, 4.69) is 20.6 Å². The summed E-state index contributed by atoms with van der Waals surface area (Å²) in [5, 5.41) is 14.9. The summed E-state index contributed by atoms with van der Waals surface area (Å²) in [7, 11) is 1.61. The number of hydrogen-bond acceptors (Lipinski definition) is 4. The number of aromatic nitrogens is 1. The molecule has 0 fully saturated rings. The maximum Gasteiger partial charge on any atom is 0.214 e. The number of halogens is 2. The highest BCUT2D eigenvalue weighted by molar-refractivity contribution is 14.0. The van der Waals surface area contributed by atoms with Gasteiger partial charge in [0.1, 0.15) is 11.6 Å². The summed E-state index contributed by atoms with van der Waals surface area (Å²) in [5.41, 5.74) is 1.66. The molecule has 0 aliphatic heterocycles. The highest BCUT2D eigenvalue weighted by atomic mass is 127. The quantitative estimate of drug-likeness (QED) is 0.431. The van der Waals surface area contributed by atoms with Gasteiger partial charge in [0.2, 0.25) is 5.89 Å². The van der Waals surface area contributed by atoms with Crippen LogP contribution in [-0.2, 0) is 13.1 Å². The van der Waals surface area contributed by atoms with E-state index in [9.17, 15) is 4.39 Å². The smallest absolute Gasteiger partial charge is 0.214 e. The zero-order valence-corrected chi connectivity index (χ0v) is 16.0. The Labute approximate surface area is 157 Å². The van der Waals surface area contributed by atoms with Gasteiger partial charge >= 0.3 is 0 Å². The fourth-order valence-corrected chi connectivity index (χ4v) is 1.95. The molecule has 0 spiro atoms. The number of aliphatic imine (C=N–C) groups is 1. The van der Waals surface area contributed by atoms with E-state index in [1.807, 2.05) is 19.9 Å². The Hall–Kier alpha value is -2.15. The third-order valence-electron chi connectivity index (χ3n) is 3.32. The monoisotopic (exact) mass is 443 g/mol. The number of hydrogen-bond donors (Lipinski definition) is 2. The third-order valence-corrected chi connectivity index (χ3v) is 3.32. The maximum atomic E-state index is 13.7. The molecule has 1 aromatic carbocycles. The first-order valence-corrected chi connectivity index (χ1v) is 7.09. The van der Waals surface area contributed by atoms with Crippen LogP contribution < -0.4 is 10.6 Å². The van der Waals surface area contributed by atoms with Crippen molar-refractivity contribution in [1.82, 2.24) is 15.6 Å². The van der Waals surface area contributed by atoms with Gasteiger partial charge in [-0.05, 0) is 32.0 Å². The van der Waals surface area contributed by atoms with Crippen LogP contribution in [0.25, 0.3) is 0 Å². The van der Waals surface area contributed by atoms with Crippen molar-refractivity contribution < 1.29 is 8.81 Å². The van der Waals surface area contributed by atoms with E-state index in [1.54, 1.807) is 7.05 Å².